The number of hydrogen-bond donors (Lipinski definition) is 1. The summed E-state index contributed by atoms with van der Waals surface area (Å²) in [4.78, 5) is 14.8. The number of piperidine rings is 1. The van der Waals surface area contributed by atoms with Crippen LogP contribution in [-0.4, -0.2) is 37.0 Å². The van der Waals surface area contributed by atoms with E-state index in [1.54, 1.807) is 0 Å². The second-order valence-corrected chi connectivity index (χ2v) is 7.47. The normalized spacial score (nSPS) is 20.0. The topological polar surface area (TPSA) is 32.3 Å². The van der Waals surface area contributed by atoms with E-state index >= 15 is 0 Å². The average Bonchev–Trinajstić information content (AvgIpc) is 2.67. The standard InChI is InChI=1S/C21H32N2O/c24-21(22-14-7-17-23-15-5-2-6-16-23)20-12-10-19(11-13-20)18-8-3-1-4-9-18/h10-13,18H,1-9,14-17H2,(H,22,24). The van der Waals surface area contributed by atoms with Gasteiger partial charge in [-0.25, -0.2) is 0 Å². The highest BCUT2D eigenvalue weighted by molar-refractivity contribution is 5.94. The Labute approximate surface area is 146 Å². The SMILES string of the molecule is O=C(NCCCN1CCCCC1)c1ccc(C2CCCCC2)cc1. The molecule has 1 aromatic carbocycles. The smallest absolute Gasteiger partial charge is 0.251 e. The predicted molar refractivity (Wildman–Crippen MR) is 99.5 cm³/mol. The molecule has 0 bridgehead atoms. The Balaban J connectivity index is 1.39. The van der Waals surface area contributed by atoms with Gasteiger partial charge in [-0.3, -0.25) is 4.79 Å². The Kier molecular flexibility index (Phi) is 6.71. The van der Waals surface area contributed by atoms with E-state index in [9.17, 15) is 4.79 Å². The van der Waals surface area contributed by atoms with Gasteiger partial charge >= 0.3 is 0 Å². The van der Waals surface area contributed by atoms with Crippen LogP contribution in [0, 0.1) is 0 Å². The van der Waals surface area contributed by atoms with Crippen molar-refractivity contribution < 1.29 is 4.79 Å². The van der Waals surface area contributed by atoms with Crippen LogP contribution in [0.4, 0.5) is 0 Å². The summed E-state index contributed by atoms with van der Waals surface area (Å²) in [5.41, 5.74) is 2.21. The number of rotatable bonds is 6. The monoisotopic (exact) mass is 328 g/mol. The molecule has 1 aromatic rings. The van der Waals surface area contributed by atoms with E-state index in [0.29, 0.717) is 5.92 Å². The van der Waals surface area contributed by atoms with Crippen LogP contribution in [0.15, 0.2) is 24.3 Å². The number of nitrogens with zero attached hydrogens (tertiary/aromatic N) is 1. The van der Waals surface area contributed by atoms with E-state index in [0.717, 1.165) is 25.1 Å². The summed E-state index contributed by atoms with van der Waals surface area (Å²) >= 11 is 0. The van der Waals surface area contributed by atoms with Crippen molar-refractivity contribution in [1.29, 1.82) is 0 Å². The van der Waals surface area contributed by atoms with E-state index < -0.39 is 0 Å². The molecule has 1 aliphatic carbocycles. The third-order valence-electron chi connectivity index (χ3n) is 5.63. The van der Waals surface area contributed by atoms with Crippen LogP contribution in [0.2, 0.25) is 0 Å². The molecule has 0 unspecified atom stereocenters. The number of hydrogen-bond acceptors (Lipinski definition) is 2. The Morgan fingerprint density at radius 1 is 0.958 bits per heavy atom. The van der Waals surface area contributed by atoms with E-state index in [2.05, 4.69) is 22.3 Å². The van der Waals surface area contributed by atoms with E-state index in [1.807, 2.05) is 12.1 Å². The van der Waals surface area contributed by atoms with Crippen LogP contribution in [0.5, 0.6) is 0 Å². The zero-order chi connectivity index (χ0) is 16.6. The minimum atomic E-state index is 0.0730. The molecule has 1 amide bonds. The maximum absolute atomic E-state index is 12.3. The fourth-order valence-corrected chi connectivity index (χ4v) is 4.13. The number of carbonyl (C=O) groups is 1. The van der Waals surface area contributed by atoms with Crippen molar-refractivity contribution in [3.05, 3.63) is 35.4 Å². The molecule has 24 heavy (non-hydrogen) atoms. The quantitative estimate of drug-likeness (QED) is 0.788. The average molecular weight is 329 g/mol. The Bertz CT molecular complexity index is 499. The first-order valence-electron chi connectivity index (χ1n) is 9.93. The summed E-state index contributed by atoms with van der Waals surface area (Å²) in [5, 5.41) is 3.07. The lowest BCUT2D eigenvalue weighted by molar-refractivity contribution is 0.0951. The zero-order valence-corrected chi connectivity index (χ0v) is 14.9. The van der Waals surface area contributed by atoms with Crippen molar-refractivity contribution in [3.63, 3.8) is 0 Å². The molecular weight excluding hydrogens is 296 g/mol. The molecule has 1 saturated carbocycles. The van der Waals surface area contributed by atoms with Crippen molar-refractivity contribution in [3.8, 4) is 0 Å². The minimum Gasteiger partial charge on any atom is -0.352 e. The largest absolute Gasteiger partial charge is 0.352 e. The molecule has 1 N–H and O–H groups in total. The summed E-state index contributed by atoms with van der Waals surface area (Å²) in [7, 11) is 0. The summed E-state index contributed by atoms with van der Waals surface area (Å²) in [6, 6.07) is 8.34. The van der Waals surface area contributed by atoms with Gasteiger partial charge in [0.1, 0.15) is 0 Å². The highest BCUT2D eigenvalue weighted by atomic mass is 16.1. The van der Waals surface area contributed by atoms with Gasteiger partial charge in [0.25, 0.3) is 5.91 Å². The lowest BCUT2D eigenvalue weighted by Gasteiger charge is -2.26. The van der Waals surface area contributed by atoms with Crippen LogP contribution in [0.1, 0.15) is 79.6 Å². The molecule has 0 spiro atoms. The predicted octanol–water partition coefficient (Wildman–Crippen LogP) is 4.34. The van der Waals surface area contributed by atoms with E-state index in [-0.39, 0.29) is 5.91 Å². The van der Waals surface area contributed by atoms with Crippen molar-refractivity contribution in [2.45, 2.75) is 63.7 Å². The minimum absolute atomic E-state index is 0.0730. The fourth-order valence-electron chi connectivity index (χ4n) is 4.13. The Hall–Kier alpha value is -1.35. The molecule has 3 heteroatoms. The third-order valence-corrected chi connectivity index (χ3v) is 5.63. The summed E-state index contributed by atoms with van der Waals surface area (Å²) in [5.74, 6) is 0.782. The first-order valence-corrected chi connectivity index (χ1v) is 9.93. The van der Waals surface area contributed by atoms with Crippen LogP contribution >= 0.6 is 0 Å². The maximum Gasteiger partial charge on any atom is 0.251 e. The molecule has 2 fully saturated rings. The molecule has 3 rings (SSSR count). The second-order valence-electron chi connectivity index (χ2n) is 7.47. The molecular formula is C21H32N2O. The summed E-state index contributed by atoms with van der Waals surface area (Å²) < 4.78 is 0. The molecule has 1 heterocycles. The number of nitrogens with one attached hydrogen (secondary N) is 1. The van der Waals surface area contributed by atoms with Gasteiger partial charge in [0, 0.05) is 12.1 Å². The Morgan fingerprint density at radius 3 is 2.33 bits per heavy atom. The van der Waals surface area contributed by atoms with Gasteiger partial charge in [-0.2, -0.15) is 0 Å². The first-order chi connectivity index (χ1) is 11.8. The van der Waals surface area contributed by atoms with Gasteiger partial charge < -0.3 is 10.2 Å². The van der Waals surface area contributed by atoms with E-state index in [4.69, 9.17) is 0 Å². The molecule has 1 saturated heterocycles. The van der Waals surface area contributed by atoms with Crippen LogP contribution in [-0.2, 0) is 0 Å². The maximum atomic E-state index is 12.3. The van der Waals surface area contributed by atoms with E-state index in [1.165, 1.54) is 70.0 Å². The fraction of sp³-hybridized carbons (Fsp3) is 0.667. The lowest BCUT2D eigenvalue weighted by Crippen LogP contribution is -2.33. The number of benzene rings is 1. The Morgan fingerprint density at radius 2 is 1.62 bits per heavy atom. The van der Waals surface area contributed by atoms with Crippen LogP contribution in [0.3, 0.4) is 0 Å². The molecule has 0 aromatic heterocycles. The van der Waals surface area contributed by atoms with Crippen molar-refractivity contribution in [2.75, 3.05) is 26.2 Å². The van der Waals surface area contributed by atoms with Gasteiger partial charge in [-0.1, -0.05) is 37.8 Å². The second kappa shape index (κ2) is 9.22. The van der Waals surface area contributed by atoms with Gasteiger partial charge in [0.05, 0.1) is 0 Å². The number of carbonyl (C=O) groups excluding carboxylic acids is 1. The van der Waals surface area contributed by atoms with Crippen molar-refractivity contribution in [2.24, 2.45) is 0 Å². The van der Waals surface area contributed by atoms with Crippen LogP contribution < -0.4 is 5.32 Å². The number of amides is 1. The molecule has 1 aliphatic heterocycles. The highest BCUT2D eigenvalue weighted by Crippen LogP contribution is 2.32. The lowest BCUT2D eigenvalue weighted by atomic mass is 9.84. The molecule has 2 aliphatic rings. The molecule has 0 radical (unpaired) electrons. The first kappa shape index (κ1) is 17.5. The van der Waals surface area contributed by atoms with Crippen LogP contribution in [0.25, 0.3) is 0 Å². The molecule has 0 atom stereocenters. The summed E-state index contributed by atoms with van der Waals surface area (Å²) in [6.07, 6.45) is 11.8. The van der Waals surface area contributed by atoms with Crippen molar-refractivity contribution in [1.82, 2.24) is 10.2 Å². The number of likely N-dealkylation sites (tertiary alicyclic amines) is 1. The zero-order valence-electron chi connectivity index (χ0n) is 14.9. The van der Waals surface area contributed by atoms with Gasteiger partial charge in [0.15, 0.2) is 0 Å². The highest BCUT2D eigenvalue weighted by Gasteiger charge is 2.16. The van der Waals surface area contributed by atoms with Gasteiger partial charge in [-0.15, -0.1) is 0 Å². The van der Waals surface area contributed by atoms with Gasteiger partial charge in [-0.05, 0) is 75.4 Å². The van der Waals surface area contributed by atoms with Crippen molar-refractivity contribution >= 4 is 5.91 Å². The summed E-state index contributed by atoms with van der Waals surface area (Å²) in [6.45, 7) is 4.35. The third kappa shape index (κ3) is 5.07. The van der Waals surface area contributed by atoms with Gasteiger partial charge in [0.2, 0.25) is 0 Å². The molecule has 3 nitrogen and oxygen atoms in total. The molecule has 132 valence electrons.